The number of fused-ring (bicyclic) bond motifs is 1. The molecule has 0 radical (unpaired) electrons. The van der Waals surface area contributed by atoms with Gasteiger partial charge in [0.25, 0.3) is 0 Å². The molecule has 4 rings (SSSR count). The zero-order valence-corrected chi connectivity index (χ0v) is 14.7. The SMILES string of the molecule is NC(CNC(=O)C1CSC2(c3ccc(F)cc3)CCC(=O)N12)C1CC1. The lowest BCUT2D eigenvalue weighted by Gasteiger charge is -2.34. The van der Waals surface area contributed by atoms with Crippen LogP contribution < -0.4 is 11.1 Å². The number of hydrogen-bond donors (Lipinski definition) is 2. The normalized spacial score (nSPS) is 29.6. The van der Waals surface area contributed by atoms with Crippen molar-refractivity contribution in [2.45, 2.75) is 42.6 Å². The summed E-state index contributed by atoms with van der Waals surface area (Å²) in [5.41, 5.74) is 6.94. The molecule has 134 valence electrons. The van der Waals surface area contributed by atoms with Crippen molar-refractivity contribution in [2.24, 2.45) is 11.7 Å². The van der Waals surface area contributed by atoms with Crippen LogP contribution in [0.1, 0.15) is 31.2 Å². The van der Waals surface area contributed by atoms with Crippen molar-refractivity contribution >= 4 is 23.6 Å². The molecule has 2 heterocycles. The molecule has 0 bridgehead atoms. The fourth-order valence-electron chi connectivity index (χ4n) is 3.87. The molecule has 3 aliphatic rings. The van der Waals surface area contributed by atoms with Crippen molar-refractivity contribution in [3.05, 3.63) is 35.6 Å². The summed E-state index contributed by atoms with van der Waals surface area (Å²) in [6.45, 7) is 0.455. The molecule has 0 aromatic heterocycles. The number of amides is 2. The number of nitrogens with one attached hydrogen (secondary N) is 1. The van der Waals surface area contributed by atoms with E-state index in [-0.39, 0.29) is 23.7 Å². The van der Waals surface area contributed by atoms with Crippen molar-refractivity contribution in [3.8, 4) is 0 Å². The second-order valence-electron chi connectivity index (χ2n) is 7.13. The van der Waals surface area contributed by atoms with E-state index >= 15 is 0 Å². The van der Waals surface area contributed by atoms with Gasteiger partial charge in [-0.1, -0.05) is 12.1 Å². The Balaban J connectivity index is 1.52. The summed E-state index contributed by atoms with van der Waals surface area (Å²) in [6.07, 6.45) is 3.33. The van der Waals surface area contributed by atoms with Gasteiger partial charge in [0.05, 0.1) is 0 Å². The first kappa shape index (κ1) is 16.8. The van der Waals surface area contributed by atoms with E-state index in [1.807, 2.05) is 0 Å². The third-order valence-corrected chi connectivity index (χ3v) is 7.06. The molecular weight excluding hydrogens is 341 g/mol. The number of rotatable bonds is 5. The lowest BCUT2D eigenvalue weighted by molar-refractivity contribution is -0.138. The molecule has 5 nitrogen and oxygen atoms in total. The van der Waals surface area contributed by atoms with Crippen molar-refractivity contribution in [1.29, 1.82) is 0 Å². The molecule has 1 aromatic carbocycles. The maximum absolute atomic E-state index is 13.3. The predicted molar refractivity (Wildman–Crippen MR) is 94.1 cm³/mol. The minimum atomic E-state index is -0.550. The Morgan fingerprint density at radius 2 is 2.12 bits per heavy atom. The lowest BCUT2D eigenvalue weighted by atomic mass is 10.0. The van der Waals surface area contributed by atoms with Crippen LogP contribution in [0.2, 0.25) is 0 Å². The lowest BCUT2D eigenvalue weighted by Crippen LogP contribution is -2.51. The monoisotopic (exact) mass is 363 g/mol. The van der Waals surface area contributed by atoms with Crippen LogP contribution in [0, 0.1) is 11.7 Å². The Morgan fingerprint density at radius 1 is 1.40 bits per heavy atom. The Hall–Kier alpha value is -1.60. The van der Waals surface area contributed by atoms with E-state index in [0.29, 0.717) is 31.1 Å². The number of benzene rings is 1. The minimum Gasteiger partial charge on any atom is -0.353 e. The second kappa shape index (κ2) is 6.29. The summed E-state index contributed by atoms with van der Waals surface area (Å²) in [7, 11) is 0. The smallest absolute Gasteiger partial charge is 0.243 e. The fourth-order valence-corrected chi connectivity index (χ4v) is 5.53. The van der Waals surface area contributed by atoms with Gasteiger partial charge in [0, 0.05) is 24.8 Å². The molecule has 25 heavy (non-hydrogen) atoms. The van der Waals surface area contributed by atoms with Gasteiger partial charge in [0.2, 0.25) is 11.8 Å². The Morgan fingerprint density at radius 3 is 2.80 bits per heavy atom. The highest BCUT2D eigenvalue weighted by atomic mass is 32.2. The van der Waals surface area contributed by atoms with Crippen LogP contribution in [0.3, 0.4) is 0 Å². The average Bonchev–Trinajstić information content (AvgIpc) is 3.31. The summed E-state index contributed by atoms with van der Waals surface area (Å²) in [6, 6.07) is 5.76. The standard InChI is InChI=1S/C18H22FN3O2S/c19-13-5-3-12(4-6-13)18-8-7-16(23)22(18)15(10-25-18)17(24)21-9-14(20)11-1-2-11/h3-6,11,14-15H,1-2,7-10,20H2,(H,21,24). The number of hydrogen-bond acceptors (Lipinski definition) is 4. The predicted octanol–water partition coefficient (Wildman–Crippen LogP) is 1.57. The first-order valence-electron chi connectivity index (χ1n) is 8.77. The van der Waals surface area contributed by atoms with Crippen LogP contribution in [0.5, 0.6) is 0 Å². The van der Waals surface area contributed by atoms with Crippen LogP contribution in [0.4, 0.5) is 4.39 Å². The average molecular weight is 363 g/mol. The van der Waals surface area contributed by atoms with Gasteiger partial charge in [-0.25, -0.2) is 4.39 Å². The molecule has 3 unspecified atom stereocenters. The molecule has 1 aliphatic carbocycles. The molecule has 3 fully saturated rings. The van der Waals surface area contributed by atoms with Crippen LogP contribution in [-0.4, -0.2) is 41.1 Å². The van der Waals surface area contributed by atoms with Gasteiger partial charge in [-0.3, -0.25) is 9.59 Å². The Labute approximate surface area is 150 Å². The Bertz CT molecular complexity index is 694. The number of nitrogens with zero attached hydrogens (tertiary/aromatic N) is 1. The number of nitrogens with two attached hydrogens (primary N) is 1. The van der Waals surface area contributed by atoms with Crippen molar-refractivity contribution < 1.29 is 14.0 Å². The topological polar surface area (TPSA) is 75.4 Å². The van der Waals surface area contributed by atoms with E-state index in [2.05, 4.69) is 5.32 Å². The molecule has 0 spiro atoms. The number of carbonyl (C=O) groups is 2. The van der Waals surface area contributed by atoms with Crippen molar-refractivity contribution in [3.63, 3.8) is 0 Å². The molecule has 3 N–H and O–H groups in total. The number of halogens is 1. The molecule has 2 amide bonds. The molecule has 3 atom stereocenters. The maximum Gasteiger partial charge on any atom is 0.243 e. The van der Waals surface area contributed by atoms with Crippen LogP contribution >= 0.6 is 11.8 Å². The summed E-state index contributed by atoms with van der Waals surface area (Å²) in [5, 5.41) is 2.93. The summed E-state index contributed by atoms with van der Waals surface area (Å²) < 4.78 is 13.3. The van der Waals surface area contributed by atoms with Gasteiger partial charge in [-0.2, -0.15) is 0 Å². The zero-order valence-electron chi connectivity index (χ0n) is 13.9. The minimum absolute atomic E-state index is 0.00542. The second-order valence-corrected chi connectivity index (χ2v) is 8.43. The van der Waals surface area contributed by atoms with Crippen molar-refractivity contribution in [1.82, 2.24) is 10.2 Å². The van der Waals surface area contributed by atoms with E-state index in [0.717, 1.165) is 18.4 Å². The van der Waals surface area contributed by atoms with Crippen LogP contribution in [0.15, 0.2) is 24.3 Å². The first-order chi connectivity index (χ1) is 12.0. The highest BCUT2D eigenvalue weighted by Crippen LogP contribution is 2.54. The molecule has 1 aromatic rings. The van der Waals surface area contributed by atoms with Gasteiger partial charge in [0.15, 0.2) is 0 Å². The quantitative estimate of drug-likeness (QED) is 0.833. The van der Waals surface area contributed by atoms with Crippen LogP contribution in [0.25, 0.3) is 0 Å². The van der Waals surface area contributed by atoms with Crippen molar-refractivity contribution in [2.75, 3.05) is 12.3 Å². The number of thioether (sulfide) groups is 1. The van der Waals surface area contributed by atoms with E-state index in [9.17, 15) is 14.0 Å². The molecular formula is C18H22FN3O2S. The Kier molecular flexibility index (Phi) is 4.24. The van der Waals surface area contributed by atoms with Gasteiger partial charge in [-0.05, 0) is 42.9 Å². The highest BCUT2D eigenvalue weighted by Gasteiger charge is 2.56. The largest absolute Gasteiger partial charge is 0.353 e. The van der Waals surface area contributed by atoms with E-state index < -0.39 is 10.9 Å². The molecule has 2 saturated heterocycles. The third kappa shape index (κ3) is 2.93. The molecule has 2 aliphatic heterocycles. The fraction of sp³-hybridized carbons (Fsp3) is 0.556. The summed E-state index contributed by atoms with van der Waals surface area (Å²) >= 11 is 1.60. The zero-order chi connectivity index (χ0) is 17.6. The van der Waals surface area contributed by atoms with E-state index in [1.54, 1.807) is 28.8 Å². The maximum atomic E-state index is 13.3. The van der Waals surface area contributed by atoms with Gasteiger partial charge >= 0.3 is 0 Å². The van der Waals surface area contributed by atoms with Gasteiger partial charge in [0.1, 0.15) is 16.7 Å². The number of carbonyl (C=O) groups excluding carboxylic acids is 2. The highest BCUT2D eigenvalue weighted by molar-refractivity contribution is 8.00. The van der Waals surface area contributed by atoms with E-state index in [1.165, 1.54) is 12.1 Å². The van der Waals surface area contributed by atoms with Crippen LogP contribution in [-0.2, 0) is 14.5 Å². The molecule has 1 saturated carbocycles. The first-order valence-corrected chi connectivity index (χ1v) is 9.75. The van der Waals surface area contributed by atoms with E-state index in [4.69, 9.17) is 5.73 Å². The third-order valence-electron chi connectivity index (χ3n) is 5.46. The van der Waals surface area contributed by atoms with Gasteiger partial charge < -0.3 is 16.0 Å². The summed E-state index contributed by atoms with van der Waals surface area (Å²) in [5.74, 6) is 0.615. The molecule has 7 heteroatoms. The van der Waals surface area contributed by atoms with Gasteiger partial charge in [-0.15, -0.1) is 11.8 Å². The summed E-state index contributed by atoms with van der Waals surface area (Å²) in [4.78, 5) is 26.3.